The SMILES string of the molecule is Nc1nc(-c2cc3ccccc3[nH]2)cn2c1cnc2[C@H]1C[C@@H](O)C1. The number of aliphatic hydroxyl groups is 1. The van der Waals surface area contributed by atoms with Gasteiger partial charge in [0.2, 0.25) is 0 Å². The highest BCUT2D eigenvalue weighted by Gasteiger charge is 2.32. The molecule has 0 radical (unpaired) electrons. The molecule has 1 aliphatic rings. The van der Waals surface area contributed by atoms with Gasteiger partial charge in [0.25, 0.3) is 0 Å². The van der Waals surface area contributed by atoms with Crippen molar-refractivity contribution in [2.45, 2.75) is 24.9 Å². The van der Waals surface area contributed by atoms with Gasteiger partial charge in [-0.15, -0.1) is 0 Å². The lowest BCUT2D eigenvalue weighted by atomic mass is 9.82. The van der Waals surface area contributed by atoms with E-state index < -0.39 is 0 Å². The van der Waals surface area contributed by atoms with Crippen molar-refractivity contribution >= 4 is 22.2 Å². The molecular formula is C18H17N5O. The summed E-state index contributed by atoms with van der Waals surface area (Å²) >= 11 is 0. The largest absolute Gasteiger partial charge is 0.393 e. The van der Waals surface area contributed by atoms with E-state index in [4.69, 9.17) is 5.73 Å². The first-order valence-electron chi connectivity index (χ1n) is 8.09. The molecule has 1 aromatic carbocycles. The third kappa shape index (κ3) is 1.93. The quantitative estimate of drug-likeness (QED) is 0.529. The first-order chi connectivity index (χ1) is 11.7. The molecule has 0 atom stereocenters. The molecule has 6 heteroatoms. The summed E-state index contributed by atoms with van der Waals surface area (Å²) in [7, 11) is 0. The minimum absolute atomic E-state index is 0.213. The van der Waals surface area contributed by atoms with Gasteiger partial charge in [0.15, 0.2) is 0 Å². The predicted molar refractivity (Wildman–Crippen MR) is 92.7 cm³/mol. The van der Waals surface area contributed by atoms with E-state index in [2.05, 4.69) is 27.1 Å². The molecule has 0 saturated heterocycles. The molecule has 0 spiro atoms. The molecule has 5 rings (SSSR count). The van der Waals surface area contributed by atoms with E-state index in [1.54, 1.807) is 6.20 Å². The monoisotopic (exact) mass is 319 g/mol. The second-order valence-corrected chi connectivity index (χ2v) is 6.48. The van der Waals surface area contributed by atoms with E-state index in [1.165, 1.54) is 0 Å². The first-order valence-corrected chi connectivity index (χ1v) is 8.09. The number of imidazole rings is 1. The van der Waals surface area contributed by atoms with E-state index in [0.717, 1.165) is 46.5 Å². The van der Waals surface area contributed by atoms with E-state index >= 15 is 0 Å². The zero-order valence-electron chi connectivity index (χ0n) is 13.0. The number of nitrogen functional groups attached to an aromatic ring is 1. The van der Waals surface area contributed by atoms with Crippen molar-refractivity contribution in [2.75, 3.05) is 5.73 Å². The fraction of sp³-hybridized carbons (Fsp3) is 0.222. The molecule has 4 aromatic rings. The fourth-order valence-electron chi connectivity index (χ4n) is 3.48. The Morgan fingerprint density at radius 3 is 2.88 bits per heavy atom. The first kappa shape index (κ1) is 13.6. The second-order valence-electron chi connectivity index (χ2n) is 6.48. The lowest BCUT2D eigenvalue weighted by molar-refractivity contribution is 0.0715. The van der Waals surface area contributed by atoms with E-state index in [0.29, 0.717) is 5.82 Å². The zero-order chi connectivity index (χ0) is 16.3. The summed E-state index contributed by atoms with van der Waals surface area (Å²) < 4.78 is 2.01. The van der Waals surface area contributed by atoms with Crippen molar-refractivity contribution in [1.82, 2.24) is 19.4 Å². The number of hydrogen-bond acceptors (Lipinski definition) is 4. The summed E-state index contributed by atoms with van der Waals surface area (Å²) in [6, 6.07) is 10.2. The number of aliphatic hydroxyl groups excluding tert-OH is 1. The molecule has 0 unspecified atom stereocenters. The number of fused-ring (bicyclic) bond motifs is 2. The fourth-order valence-corrected chi connectivity index (χ4v) is 3.48. The van der Waals surface area contributed by atoms with Crippen molar-refractivity contribution < 1.29 is 5.11 Å². The minimum atomic E-state index is -0.213. The number of nitrogens with two attached hydrogens (primary N) is 1. The standard InChI is InChI=1S/C18H17N5O/c19-17-16-8-20-18(11-5-12(24)6-11)23(16)9-15(22-17)14-7-10-3-1-2-4-13(10)21-14/h1-4,7-9,11-12,21,24H,5-6H2,(H2,19,22)/t11-,12+. The highest BCUT2D eigenvalue weighted by atomic mass is 16.3. The highest BCUT2D eigenvalue weighted by molar-refractivity contribution is 5.85. The van der Waals surface area contributed by atoms with Gasteiger partial charge >= 0.3 is 0 Å². The number of para-hydroxylation sites is 1. The van der Waals surface area contributed by atoms with Crippen LogP contribution in [0.2, 0.25) is 0 Å². The van der Waals surface area contributed by atoms with E-state index in [1.807, 2.05) is 28.8 Å². The van der Waals surface area contributed by atoms with Crippen LogP contribution in [-0.4, -0.2) is 30.6 Å². The van der Waals surface area contributed by atoms with Gasteiger partial charge in [0, 0.05) is 23.0 Å². The zero-order valence-corrected chi connectivity index (χ0v) is 13.0. The topological polar surface area (TPSA) is 92.2 Å². The van der Waals surface area contributed by atoms with Gasteiger partial charge in [-0.05, 0) is 25.0 Å². The van der Waals surface area contributed by atoms with Crippen LogP contribution in [-0.2, 0) is 0 Å². The molecule has 120 valence electrons. The molecule has 1 fully saturated rings. The number of benzene rings is 1. The molecule has 1 saturated carbocycles. The van der Waals surface area contributed by atoms with Crippen molar-refractivity contribution in [2.24, 2.45) is 0 Å². The normalized spacial score (nSPS) is 20.5. The Morgan fingerprint density at radius 1 is 1.25 bits per heavy atom. The van der Waals surface area contributed by atoms with Gasteiger partial charge in [0.1, 0.15) is 22.9 Å². The Hall–Kier alpha value is -2.86. The Bertz CT molecular complexity index is 1020. The van der Waals surface area contributed by atoms with Crippen LogP contribution in [0.3, 0.4) is 0 Å². The van der Waals surface area contributed by atoms with Gasteiger partial charge in [-0.1, -0.05) is 18.2 Å². The van der Waals surface area contributed by atoms with Crippen LogP contribution in [0.5, 0.6) is 0 Å². The summed E-state index contributed by atoms with van der Waals surface area (Å²) in [5.41, 5.74) is 9.75. The lowest BCUT2D eigenvalue weighted by Gasteiger charge is -2.30. The third-order valence-electron chi connectivity index (χ3n) is 4.86. The maximum atomic E-state index is 9.58. The van der Waals surface area contributed by atoms with Crippen LogP contribution in [0.25, 0.3) is 27.8 Å². The molecule has 0 bridgehead atoms. The molecule has 0 aliphatic heterocycles. The van der Waals surface area contributed by atoms with Gasteiger partial charge in [-0.25, -0.2) is 9.97 Å². The molecule has 6 nitrogen and oxygen atoms in total. The minimum Gasteiger partial charge on any atom is -0.393 e. The molecule has 1 aliphatic carbocycles. The van der Waals surface area contributed by atoms with Crippen molar-refractivity contribution in [3.63, 3.8) is 0 Å². The van der Waals surface area contributed by atoms with Crippen LogP contribution in [0.4, 0.5) is 5.82 Å². The Balaban J connectivity index is 1.67. The smallest absolute Gasteiger partial charge is 0.150 e. The summed E-state index contributed by atoms with van der Waals surface area (Å²) in [5, 5.41) is 10.7. The Morgan fingerprint density at radius 2 is 2.08 bits per heavy atom. The van der Waals surface area contributed by atoms with Gasteiger partial charge in [0.05, 0.1) is 18.0 Å². The molecule has 24 heavy (non-hydrogen) atoms. The molecule has 4 N–H and O–H groups in total. The Kier molecular flexibility index (Phi) is 2.72. The highest BCUT2D eigenvalue weighted by Crippen LogP contribution is 2.37. The number of hydrogen-bond donors (Lipinski definition) is 3. The van der Waals surface area contributed by atoms with Crippen molar-refractivity contribution in [3.8, 4) is 11.4 Å². The summed E-state index contributed by atoms with van der Waals surface area (Å²) in [5.74, 6) is 1.69. The maximum absolute atomic E-state index is 9.58. The Labute approximate surface area is 138 Å². The van der Waals surface area contributed by atoms with Crippen LogP contribution in [0.15, 0.2) is 42.7 Å². The van der Waals surface area contributed by atoms with Gasteiger partial charge in [-0.3, -0.25) is 4.40 Å². The van der Waals surface area contributed by atoms with E-state index in [9.17, 15) is 5.11 Å². The van der Waals surface area contributed by atoms with Gasteiger partial charge in [-0.2, -0.15) is 0 Å². The van der Waals surface area contributed by atoms with Crippen LogP contribution in [0.1, 0.15) is 24.6 Å². The van der Waals surface area contributed by atoms with Crippen LogP contribution in [0, 0.1) is 0 Å². The molecule has 3 aromatic heterocycles. The number of nitrogens with one attached hydrogen (secondary N) is 1. The number of anilines is 1. The molecule has 0 amide bonds. The number of rotatable bonds is 2. The van der Waals surface area contributed by atoms with Crippen molar-refractivity contribution in [1.29, 1.82) is 0 Å². The molecular weight excluding hydrogens is 302 g/mol. The average molecular weight is 319 g/mol. The summed E-state index contributed by atoms with van der Waals surface area (Å²) in [4.78, 5) is 12.4. The maximum Gasteiger partial charge on any atom is 0.150 e. The molecule has 3 heterocycles. The third-order valence-corrected chi connectivity index (χ3v) is 4.86. The van der Waals surface area contributed by atoms with E-state index in [-0.39, 0.29) is 12.0 Å². The van der Waals surface area contributed by atoms with Crippen LogP contribution >= 0.6 is 0 Å². The number of aromatic nitrogens is 4. The van der Waals surface area contributed by atoms with Crippen LogP contribution < -0.4 is 5.73 Å². The predicted octanol–water partition coefficient (Wildman–Crippen LogP) is 2.70. The summed E-state index contributed by atoms with van der Waals surface area (Å²) in [6.07, 6.45) is 5.03. The number of aromatic amines is 1. The van der Waals surface area contributed by atoms with Gasteiger partial charge < -0.3 is 15.8 Å². The number of nitrogens with zero attached hydrogens (tertiary/aromatic N) is 3. The average Bonchev–Trinajstić information content (AvgIpc) is 3.16. The lowest BCUT2D eigenvalue weighted by Crippen LogP contribution is -2.28. The number of H-pyrrole nitrogens is 1. The summed E-state index contributed by atoms with van der Waals surface area (Å²) in [6.45, 7) is 0. The van der Waals surface area contributed by atoms with Crippen molar-refractivity contribution in [3.05, 3.63) is 48.5 Å². The second kappa shape index (κ2) is 4.82.